The van der Waals surface area contributed by atoms with Crippen LogP contribution in [0.1, 0.15) is 35.9 Å². The number of nitrogen functional groups attached to an aromatic ring is 1. The van der Waals surface area contributed by atoms with Crippen LogP contribution >= 0.6 is 0 Å². The van der Waals surface area contributed by atoms with Crippen LogP contribution in [0, 0.1) is 0 Å². The van der Waals surface area contributed by atoms with E-state index in [2.05, 4.69) is 17.1 Å². The summed E-state index contributed by atoms with van der Waals surface area (Å²) in [5, 5.41) is 14.9. The summed E-state index contributed by atoms with van der Waals surface area (Å²) in [4.78, 5) is 10.5. The van der Waals surface area contributed by atoms with Gasteiger partial charge in [-0.3, -0.25) is 5.10 Å². The van der Waals surface area contributed by atoms with Gasteiger partial charge in [0, 0.05) is 0 Å². The maximum atomic E-state index is 10.5. The first kappa shape index (κ1) is 9.57. The van der Waals surface area contributed by atoms with Crippen molar-refractivity contribution in [2.45, 2.75) is 26.2 Å². The third-order valence-corrected chi connectivity index (χ3v) is 1.87. The van der Waals surface area contributed by atoms with Gasteiger partial charge in [-0.2, -0.15) is 5.10 Å². The van der Waals surface area contributed by atoms with Gasteiger partial charge in [-0.25, -0.2) is 4.79 Å². The fourth-order valence-corrected chi connectivity index (χ4v) is 1.09. The Labute approximate surface area is 75.9 Å². The van der Waals surface area contributed by atoms with Crippen LogP contribution in [0.3, 0.4) is 0 Å². The third kappa shape index (κ3) is 1.99. The number of unbranched alkanes of at least 4 members (excludes halogenated alkanes) is 1. The minimum atomic E-state index is -1.09. The second-order valence-corrected chi connectivity index (χ2v) is 2.87. The fourth-order valence-electron chi connectivity index (χ4n) is 1.09. The van der Waals surface area contributed by atoms with E-state index in [1.54, 1.807) is 0 Å². The van der Waals surface area contributed by atoms with Crippen molar-refractivity contribution in [3.63, 3.8) is 0 Å². The Kier molecular flexibility index (Phi) is 2.89. The molecule has 0 unspecified atom stereocenters. The van der Waals surface area contributed by atoms with Gasteiger partial charge in [0.1, 0.15) is 0 Å². The Morgan fingerprint density at radius 3 is 2.85 bits per heavy atom. The van der Waals surface area contributed by atoms with Gasteiger partial charge in [0.25, 0.3) is 0 Å². The van der Waals surface area contributed by atoms with Crippen LogP contribution in [0.15, 0.2) is 0 Å². The number of H-pyrrole nitrogens is 1. The molecule has 5 nitrogen and oxygen atoms in total. The normalized spacial score (nSPS) is 10.2. The first-order chi connectivity index (χ1) is 6.16. The van der Waals surface area contributed by atoms with E-state index in [1.165, 1.54) is 0 Å². The highest BCUT2D eigenvalue weighted by atomic mass is 16.4. The molecule has 0 saturated heterocycles. The molecule has 1 aromatic heterocycles. The molecule has 0 amide bonds. The van der Waals surface area contributed by atoms with Gasteiger partial charge in [-0.05, 0) is 12.8 Å². The van der Waals surface area contributed by atoms with Crippen molar-refractivity contribution in [1.82, 2.24) is 10.2 Å². The summed E-state index contributed by atoms with van der Waals surface area (Å²) in [6.45, 7) is 2.06. The number of carbonyl (C=O) groups is 1. The Bertz CT molecular complexity index is 306. The zero-order chi connectivity index (χ0) is 9.84. The van der Waals surface area contributed by atoms with E-state index in [4.69, 9.17) is 10.8 Å². The summed E-state index contributed by atoms with van der Waals surface area (Å²) in [7, 11) is 0. The van der Waals surface area contributed by atoms with Crippen molar-refractivity contribution in [3.05, 3.63) is 11.4 Å². The summed E-state index contributed by atoms with van der Waals surface area (Å²) >= 11 is 0. The lowest BCUT2D eigenvalue weighted by molar-refractivity contribution is 0.0691. The van der Waals surface area contributed by atoms with E-state index in [0.29, 0.717) is 0 Å². The Hall–Kier alpha value is -1.52. The molecule has 0 aliphatic carbocycles. The largest absolute Gasteiger partial charge is 0.476 e. The predicted molar refractivity (Wildman–Crippen MR) is 48.6 cm³/mol. The number of hydrogen-bond donors (Lipinski definition) is 3. The number of hydrogen-bond acceptors (Lipinski definition) is 3. The molecule has 0 aliphatic heterocycles. The molecule has 0 saturated carbocycles. The molecular weight excluding hydrogens is 170 g/mol. The number of carboxylic acids is 1. The van der Waals surface area contributed by atoms with Gasteiger partial charge in [-0.15, -0.1) is 0 Å². The van der Waals surface area contributed by atoms with Crippen LogP contribution in [0.2, 0.25) is 0 Å². The molecule has 0 bridgehead atoms. The van der Waals surface area contributed by atoms with E-state index in [0.717, 1.165) is 25.0 Å². The number of aromatic carboxylic acids is 1. The fraction of sp³-hybridized carbons (Fsp3) is 0.500. The second kappa shape index (κ2) is 3.93. The molecule has 1 heterocycles. The van der Waals surface area contributed by atoms with Gasteiger partial charge in [0.2, 0.25) is 0 Å². The Morgan fingerprint density at radius 2 is 2.38 bits per heavy atom. The smallest absolute Gasteiger partial charge is 0.358 e. The van der Waals surface area contributed by atoms with Gasteiger partial charge >= 0.3 is 5.97 Å². The van der Waals surface area contributed by atoms with Gasteiger partial charge < -0.3 is 10.8 Å². The van der Waals surface area contributed by atoms with Crippen LogP contribution in [0.5, 0.6) is 0 Å². The number of carboxylic acid groups (broad SMARTS) is 1. The number of aryl methyl sites for hydroxylation is 1. The molecule has 13 heavy (non-hydrogen) atoms. The molecule has 1 rings (SSSR count). The molecule has 0 aromatic carbocycles. The predicted octanol–water partition coefficient (Wildman–Crippen LogP) is 1.03. The molecule has 0 spiro atoms. The van der Waals surface area contributed by atoms with Crippen LogP contribution in [0.25, 0.3) is 0 Å². The van der Waals surface area contributed by atoms with Gasteiger partial charge in [-0.1, -0.05) is 13.3 Å². The topological polar surface area (TPSA) is 92.0 Å². The Balaban J connectivity index is 2.80. The molecule has 0 fully saturated rings. The van der Waals surface area contributed by atoms with E-state index in [1.807, 2.05) is 0 Å². The first-order valence-corrected chi connectivity index (χ1v) is 4.22. The van der Waals surface area contributed by atoms with E-state index in [-0.39, 0.29) is 11.4 Å². The molecular formula is C8H13N3O2. The summed E-state index contributed by atoms with van der Waals surface area (Å²) in [5.74, 6) is -1.09. The van der Waals surface area contributed by atoms with E-state index < -0.39 is 5.97 Å². The highest BCUT2D eigenvalue weighted by molar-refractivity contribution is 5.91. The number of nitrogens with two attached hydrogens (primary N) is 1. The molecule has 72 valence electrons. The zero-order valence-corrected chi connectivity index (χ0v) is 7.50. The van der Waals surface area contributed by atoms with Gasteiger partial charge in [0.05, 0.1) is 11.4 Å². The van der Waals surface area contributed by atoms with Crippen molar-refractivity contribution in [2.75, 3.05) is 5.73 Å². The lowest BCUT2D eigenvalue weighted by Crippen LogP contribution is -2.01. The quantitative estimate of drug-likeness (QED) is 0.650. The molecule has 4 N–H and O–H groups in total. The zero-order valence-electron chi connectivity index (χ0n) is 7.50. The number of rotatable bonds is 4. The lowest BCUT2D eigenvalue weighted by Gasteiger charge is -1.96. The lowest BCUT2D eigenvalue weighted by atomic mass is 10.2. The minimum Gasteiger partial charge on any atom is -0.476 e. The molecule has 1 aromatic rings. The minimum absolute atomic E-state index is 0.0777. The molecule has 0 radical (unpaired) electrons. The standard InChI is InChI=1S/C8H13N3O2/c1-2-3-4-5-6(9)7(8(12)13)11-10-5/h2-4,9H2,1H3,(H,10,11)(H,12,13). The summed E-state index contributed by atoms with van der Waals surface area (Å²) in [5.41, 5.74) is 6.48. The summed E-state index contributed by atoms with van der Waals surface area (Å²) < 4.78 is 0. The molecule has 0 aliphatic rings. The highest BCUT2D eigenvalue weighted by Crippen LogP contribution is 2.15. The third-order valence-electron chi connectivity index (χ3n) is 1.87. The first-order valence-electron chi connectivity index (χ1n) is 4.22. The van der Waals surface area contributed by atoms with E-state index >= 15 is 0 Å². The monoisotopic (exact) mass is 183 g/mol. The average Bonchev–Trinajstić information content (AvgIpc) is 2.43. The summed E-state index contributed by atoms with van der Waals surface area (Å²) in [6, 6.07) is 0. The van der Waals surface area contributed by atoms with Crippen molar-refractivity contribution >= 4 is 11.7 Å². The average molecular weight is 183 g/mol. The second-order valence-electron chi connectivity index (χ2n) is 2.87. The number of nitrogens with zero attached hydrogens (tertiary/aromatic N) is 1. The maximum Gasteiger partial charge on any atom is 0.358 e. The Morgan fingerprint density at radius 1 is 1.69 bits per heavy atom. The number of aromatic nitrogens is 2. The molecule has 5 heteroatoms. The van der Waals surface area contributed by atoms with Crippen LogP contribution < -0.4 is 5.73 Å². The number of anilines is 1. The van der Waals surface area contributed by atoms with Crippen molar-refractivity contribution in [2.24, 2.45) is 0 Å². The SMILES string of the molecule is CCCCc1[nH]nc(C(=O)O)c1N. The number of aromatic amines is 1. The van der Waals surface area contributed by atoms with E-state index in [9.17, 15) is 4.79 Å². The van der Waals surface area contributed by atoms with Crippen molar-refractivity contribution < 1.29 is 9.90 Å². The van der Waals surface area contributed by atoms with Crippen molar-refractivity contribution in [1.29, 1.82) is 0 Å². The van der Waals surface area contributed by atoms with Crippen molar-refractivity contribution in [3.8, 4) is 0 Å². The van der Waals surface area contributed by atoms with Crippen LogP contribution in [-0.2, 0) is 6.42 Å². The van der Waals surface area contributed by atoms with Crippen LogP contribution in [0.4, 0.5) is 5.69 Å². The number of nitrogens with one attached hydrogen (secondary N) is 1. The maximum absolute atomic E-state index is 10.5. The highest BCUT2D eigenvalue weighted by Gasteiger charge is 2.14. The summed E-state index contributed by atoms with van der Waals surface area (Å²) in [6.07, 6.45) is 2.77. The van der Waals surface area contributed by atoms with Gasteiger partial charge in [0.15, 0.2) is 5.69 Å². The van der Waals surface area contributed by atoms with Crippen LogP contribution in [-0.4, -0.2) is 21.3 Å². The molecule has 0 atom stereocenters.